The van der Waals surface area contributed by atoms with Crippen molar-refractivity contribution in [2.24, 2.45) is 0 Å². The van der Waals surface area contributed by atoms with Crippen LogP contribution in [0, 0.1) is 0 Å². The second-order valence-corrected chi connectivity index (χ2v) is 6.33. The number of anilines is 1. The number of carbonyl (C=O) groups excluding carboxylic acids is 1. The highest BCUT2D eigenvalue weighted by Crippen LogP contribution is 2.29. The van der Waals surface area contributed by atoms with E-state index in [0.29, 0.717) is 28.6 Å². The molecule has 4 nitrogen and oxygen atoms in total. The number of benzene rings is 2. The van der Waals surface area contributed by atoms with Crippen LogP contribution in [0.2, 0.25) is 5.02 Å². The fourth-order valence-corrected chi connectivity index (χ4v) is 2.74. The van der Waals surface area contributed by atoms with E-state index < -0.39 is 4.83 Å². The highest BCUT2D eigenvalue weighted by atomic mass is 79.9. The number of amides is 1. The number of methoxy groups -OCH3 is 2. The number of hydrogen-bond donors (Lipinski definition) is 1. The van der Waals surface area contributed by atoms with Gasteiger partial charge in [0, 0.05) is 11.1 Å². The molecule has 0 bridgehead atoms. The number of ether oxygens (including phenoxy) is 2. The van der Waals surface area contributed by atoms with E-state index in [2.05, 4.69) is 21.2 Å². The summed E-state index contributed by atoms with van der Waals surface area (Å²) in [5.41, 5.74) is 1.50. The van der Waals surface area contributed by atoms with Gasteiger partial charge in [0.25, 0.3) is 0 Å². The summed E-state index contributed by atoms with van der Waals surface area (Å²) >= 11 is 9.54. The summed E-state index contributed by atoms with van der Waals surface area (Å²) in [5.74, 6) is 1.02. The zero-order chi connectivity index (χ0) is 16.8. The minimum Gasteiger partial charge on any atom is -0.497 e. The van der Waals surface area contributed by atoms with Crippen LogP contribution in [0.25, 0.3) is 0 Å². The predicted octanol–water partition coefficient (Wildman–Crippen LogP) is 4.30. The molecular weight excluding hydrogens is 382 g/mol. The van der Waals surface area contributed by atoms with E-state index >= 15 is 0 Å². The first-order valence-corrected chi connectivity index (χ1v) is 8.25. The molecule has 0 aliphatic carbocycles. The lowest BCUT2D eigenvalue weighted by atomic mass is 10.1. The van der Waals surface area contributed by atoms with E-state index in [1.165, 1.54) is 0 Å². The monoisotopic (exact) mass is 397 g/mol. The molecule has 2 rings (SSSR count). The number of rotatable bonds is 6. The average Bonchev–Trinajstić information content (AvgIpc) is 2.57. The largest absolute Gasteiger partial charge is 0.497 e. The van der Waals surface area contributed by atoms with Crippen LogP contribution in [-0.2, 0) is 11.2 Å². The van der Waals surface area contributed by atoms with Crippen molar-refractivity contribution in [3.63, 3.8) is 0 Å². The first kappa shape index (κ1) is 17.6. The molecule has 0 aromatic heterocycles. The van der Waals surface area contributed by atoms with Gasteiger partial charge in [-0.3, -0.25) is 4.79 Å². The van der Waals surface area contributed by atoms with Gasteiger partial charge in [0.1, 0.15) is 11.5 Å². The predicted molar refractivity (Wildman–Crippen MR) is 96.0 cm³/mol. The highest BCUT2D eigenvalue weighted by molar-refractivity contribution is 9.10. The summed E-state index contributed by atoms with van der Waals surface area (Å²) in [4.78, 5) is 12.0. The Hall–Kier alpha value is -1.72. The van der Waals surface area contributed by atoms with E-state index in [4.69, 9.17) is 21.1 Å². The van der Waals surface area contributed by atoms with Crippen molar-refractivity contribution in [1.29, 1.82) is 0 Å². The maximum atomic E-state index is 12.4. The molecule has 2 aromatic rings. The molecule has 0 fully saturated rings. The van der Waals surface area contributed by atoms with Crippen LogP contribution in [-0.4, -0.2) is 25.0 Å². The molecule has 0 aliphatic heterocycles. The summed E-state index contributed by atoms with van der Waals surface area (Å²) in [6.07, 6.45) is 0.490. The fourth-order valence-electron chi connectivity index (χ4n) is 2.06. The minimum absolute atomic E-state index is 0.173. The van der Waals surface area contributed by atoms with Crippen LogP contribution in [0.15, 0.2) is 42.5 Å². The molecule has 0 saturated heterocycles. The van der Waals surface area contributed by atoms with Crippen LogP contribution >= 0.6 is 27.5 Å². The molecule has 1 unspecified atom stereocenters. The van der Waals surface area contributed by atoms with Crippen LogP contribution < -0.4 is 14.8 Å². The Morgan fingerprint density at radius 3 is 2.61 bits per heavy atom. The topological polar surface area (TPSA) is 47.6 Å². The second kappa shape index (κ2) is 8.22. The van der Waals surface area contributed by atoms with Crippen molar-refractivity contribution in [2.45, 2.75) is 11.2 Å². The number of nitrogens with one attached hydrogen (secondary N) is 1. The van der Waals surface area contributed by atoms with E-state index in [9.17, 15) is 4.79 Å². The summed E-state index contributed by atoms with van der Waals surface area (Å²) in [5, 5.41) is 3.49. The van der Waals surface area contributed by atoms with E-state index in [1.54, 1.807) is 38.5 Å². The molecule has 23 heavy (non-hydrogen) atoms. The van der Waals surface area contributed by atoms with Gasteiger partial charge in [0.05, 0.1) is 24.7 Å². The first-order chi connectivity index (χ1) is 11.0. The van der Waals surface area contributed by atoms with Crippen molar-refractivity contribution < 1.29 is 14.3 Å². The molecule has 0 aliphatic rings. The zero-order valence-corrected chi connectivity index (χ0v) is 15.1. The van der Waals surface area contributed by atoms with Crippen LogP contribution in [0.1, 0.15) is 5.56 Å². The number of carbonyl (C=O) groups is 1. The van der Waals surface area contributed by atoms with Crippen molar-refractivity contribution in [3.8, 4) is 11.5 Å². The lowest BCUT2D eigenvalue weighted by molar-refractivity contribution is -0.115. The molecule has 1 N–H and O–H groups in total. The third-order valence-electron chi connectivity index (χ3n) is 3.31. The number of halogens is 2. The van der Waals surface area contributed by atoms with Crippen LogP contribution in [0.4, 0.5) is 5.69 Å². The van der Waals surface area contributed by atoms with E-state index in [1.807, 2.05) is 18.2 Å². The molecule has 0 saturated carbocycles. The second-order valence-electron chi connectivity index (χ2n) is 4.82. The molecular formula is C17H17BrClNO3. The van der Waals surface area contributed by atoms with Crippen molar-refractivity contribution >= 4 is 39.1 Å². The number of hydrogen-bond acceptors (Lipinski definition) is 3. The van der Waals surface area contributed by atoms with Gasteiger partial charge in [-0.2, -0.15) is 0 Å². The van der Waals surface area contributed by atoms with Crippen molar-refractivity contribution in [3.05, 3.63) is 53.1 Å². The number of alkyl halides is 1. The Bertz CT molecular complexity index is 693. The van der Waals surface area contributed by atoms with E-state index in [0.717, 1.165) is 5.56 Å². The Morgan fingerprint density at radius 2 is 1.96 bits per heavy atom. The van der Waals surface area contributed by atoms with Gasteiger partial charge >= 0.3 is 0 Å². The normalized spacial score (nSPS) is 11.7. The standard InChI is InChI=1S/C17H17BrClNO3/c1-22-12-7-8-15(16(10-12)23-2)20-17(21)13(18)9-11-5-3-4-6-14(11)19/h3-8,10,13H,9H2,1-2H3,(H,20,21). The summed E-state index contributed by atoms with van der Waals surface area (Å²) < 4.78 is 10.4. The van der Waals surface area contributed by atoms with Crippen molar-refractivity contribution in [2.75, 3.05) is 19.5 Å². The van der Waals surface area contributed by atoms with Gasteiger partial charge in [-0.25, -0.2) is 0 Å². The Labute approximate surface area is 148 Å². The molecule has 0 spiro atoms. The van der Waals surface area contributed by atoms with Gasteiger partial charge in [0.15, 0.2) is 0 Å². The van der Waals surface area contributed by atoms with Gasteiger partial charge in [-0.05, 0) is 30.2 Å². The van der Waals surface area contributed by atoms with Gasteiger partial charge < -0.3 is 14.8 Å². The molecule has 2 aromatic carbocycles. The first-order valence-electron chi connectivity index (χ1n) is 6.95. The fraction of sp³-hybridized carbons (Fsp3) is 0.235. The maximum absolute atomic E-state index is 12.4. The Morgan fingerprint density at radius 1 is 1.22 bits per heavy atom. The van der Waals surface area contributed by atoms with Gasteiger partial charge in [-0.1, -0.05) is 45.7 Å². The molecule has 1 amide bonds. The lowest BCUT2D eigenvalue weighted by Gasteiger charge is -2.14. The highest BCUT2D eigenvalue weighted by Gasteiger charge is 2.18. The smallest absolute Gasteiger partial charge is 0.238 e. The Kier molecular flexibility index (Phi) is 6.30. The molecule has 122 valence electrons. The average molecular weight is 399 g/mol. The summed E-state index contributed by atoms with van der Waals surface area (Å²) in [6, 6.07) is 12.7. The quantitative estimate of drug-likeness (QED) is 0.738. The minimum atomic E-state index is -0.408. The molecule has 6 heteroatoms. The summed E-state index contributed by atoms with van der Waals surface area (Å²) in [6.45, 7) is 0. The van der Waals surface area contributed by atoms with Crippen LogP contribution in [0.5, 0.6) is 11.5 Å². The third-order valence-corrected chi connectivity index (χ3v) is 4.42. The lowest BCUT2D eigenvalue weighted by Crippen LogP contribution is -2.25. The molecule has 1 atom stereocenters. The van der Waals surface area contributed by atoms with Gasteiger partial charge in [0.2, 0.25) is 5.91 Å². The summed E-state index contributed by atoms with van der Waals surface area (Å²) in [7, 11) is 3.12. The molecule has 0 heterocycles. The van der Waals surface area contributed by atoms with E-state index in [-0.39, 0.29) is 5.91 Å². The van der Waals surface area contributed by atoms with Gasteiger partial charge in [-0.15, -0.1) is 0 Å². The van der Waals surface area contributed by atoms with Crippen molar-refractivity contribution in [1.82, 2.24) is 0 Å². The van der Waals surface area contributed by atoms with Crippen LogP contribution in [0.3, 0.4) is 0 Å². The zero-order valence-electron chi connectivity index (χ0n) is 12.8. The molecule has 0 radical (unpaired) electrons. The maximum Gasteiger partial charge on any atom is 0.238 e. The Balaban J connectivity index is 2.08. The third kappa shape index (κ3) is 4.62. The SMILES string of the molecule is COc1ccc(NC(=O)C(Br)Cc2ccccc2Cl)c(OC)c1.